The van der Waals surface area contributed by atoms with E-state index in [0.717, 1.165) is 6.08 Å². The summed E-state index contributed by atoms with van der Waals surface area (Å²) in [6, 6.07) is 3.86. The fourth-order valence-corrected chi connectivity index (χ4v) is 2.58. The molecule has 0 spiro atoms. The summed E-state index contributed by atoms with van der Waals surface area (Å²) in [5.41, 5.74) is -1.90. The van der Waals surface area contributed by atoms with Crippen molar-refractivity contribution >= 4 is 18.0 Å². The lowest BCUT2D eigenvalue weighted by Gasteiger charge is -2.39. The molecule has 0 radical (unpaired) electrons. The van der Waals surface area contributed by atoms with Crippen molar-refractivity contribution < 1.29 is 45.0 Å². The first kappa shape index (κ1) is 18.7. The molecule has 2 atom stereocenters. The van der Waals surface area contributed by atoms with Crippen molar-refractivity contribution in [2.75, 3.05) is 0 Å². The predicted molar refractivity (Wildman–Crippen MR) is 82.5 cm³/mol. The number of phenols is 2. The highest BCUT2D eigenvalue weighted by molar-refractivity contribution is 5.87. The Morgan fingerprint density at radius 3 is 2.24 bits per heavy atom. The van der Waals surface area contributed by atoms with Crippen LogP contribution in [-0.2, 0) is 14.3 Å². The highest BCUT2D eigenvalue weighted by Gasteiger charge is 2.50. The van der Waals surface area contributed by atoms with Crippen molar-refractivity contribution in [1.29, 1.82) is 0 Å². The van der Waals surface area contributed by atoms with Crippen LogP contribution in [0.2, 0.25) is 0 Å². The molecule has 1 aliphatic rings. The molecule has 0 bridgehead atoms. The Balaban J connectivity index is 2.01. The van der Waals surface area contributed by atoms with E-state index in [0.29, 0.717) is 5.56 Å². The van der Waals surface area contributed by atoms with Gasteiger partial charge >= 0.3 is 11.9 Å². The Morgan fingerprint density at radius 2 is 1.72 bits per heavy atom. The SMILES string of the molecule is O=C(C=Cc1ccc(O)c(O)c1)O[C@H]1[C@H](O)C[C@](O)(C(=O)O)C[C@H]1O. The Hall–Kier alpha value is -2.62. The van der Waals surface area contributed by atoms with Gasteiger partial charge in [0.2, 0.25) is 0 Å². The average Bonchev–Trinajstić information content (AvgIpc) is 2.52. The lowest BCUT2D eigenvalue weighted by molar-refractivity contribution is -0.196. The predicted octanol–water partition coefficient (Wildman–Crippen LogP) is -0.646. The molecule has 0 saturated heterocycles. The number of rotatable bonds is 4. The van der Waals surface area contributed by atoms with Gasteiger partial charge in [-0.2, -0.15) is 0 Å². The number of aliphatic hydroxyl groups is 3. The van der Waals surface area contributed by atoms with Gasteiger partial charge in [-0.05, 0) is 23.8 Å². The van der Waals surface area contributed by atoms with Crippen LogP contribution in [0.3, 0.4) is 0 Å². The number of hydrogen-bond donors (Lipinski definition) is 6. The van der Waals surface area contributed by atoms with Gasteiger partial charge in [-0.3, -0.25) is 0 Å². The molecule has 2 rings (SSSR count). The smallest absolute Gasteiger partial charge is 0.335 e. The van der Waals surface area contributed by atoms with Gasteiger partial charge in [0.15, 0.2) is 23.2 Å². The molecular formula is C16H18O9. The van der Waals surface area contributed by atoms with Gasteiger partial charge in [0.1, 0.15) is 0 Å². The zero-order chi connectivity index (χ0) is 18.8. The number of esters is 1. The van der Waals surface area contributed by atoms with E-state index in [2.05, 4.69) is 0 Å². The molecule has 0 unspecified atom stereocenters. The van der Waals surface area contributed by atoms with Crippen LogP contribution in [0.1, 0.15) is 18.4 Å². The normalized spacial score (nSPS) is 29.5. The van der Waals surface area contributed by atoms with Gasteiger partial charge in [-0.15, -0.1) is 0 Å². The van der Waals surface area contributed by atoms with Crippen molar-refractivity contribution in [1.82, 2.24) is 0 Å². The average molecular weight is 354 g/mol. The number of aliphatic carboxylic acids is 1. The van der Waals surface area contributed by atoms with E-state index in [1.54, 1.807) is 0 Å². The molecule has 9 heteroatoms. The largest absolute Gasteiger partial charge is 0.504 e. The van der Waals surface area contributed by atoms with E-state index in [1.165, 1.54) is 24.3 Å². The standard InChI is InChI=1S/C16H18O9/c17-9-3-1-8(5-10(9)18)2-4-13(21)25-14-11(19)6-16(24,15(22)23)7-12(14)20/h1-5,11-12,14,17-20,24H,6-7H2,(H,22,23)/t11-,12-,14-,16+/m1/s1. The zero-order valence-corrected chi connectivity index (χ0v) is 12.9. The molecule has 136 valence electrons. The number of hydrogen-bond acceptors (Lipinski definition) is 8. The Bertz CT molecular complexity index is 685. The Labute approximate surface area is 142 Å². The van der Waals surface area contributed by atoms with E-state index < -0.39 is 48.7 Å². The van der Waals surface area contributed by atoms with Crippen molar-refractivity contribution in [2.45, 2.75) is 36.8 Å². The van der Waals surface area contributed by atoms with Crippen LogP contribution in [-0.4, -0.2) is 66.5 Å². The summed E-state index contributed by atoms with van der Waals surface area (Å²) in [5, 5.41) is 57.1. The number of carboxylic acid groups (broad SMARTS) is 1. The van der Waals surface area contributed by atoms with E-state index in [-0.39, 0.29) is 11.5 Å². The first-order valence-electron chi connectivity index (χ1n) is 7.35. The van der Waals surface area contributed by atoms with Gasteiger partial charge < -0.3 is 35.4 Å². The van der Waals surface area contributed by atoms with Crippen molar-refractivity contribution in [3.63, 3.8) is 0 Å². The number of aromatic hydroxyl groups is 2. The van der Waals surface area contributed by atoms with Crippen LogP contribution in [0.15, 0.2) is 24.3 Å². The molecule has 0 amide bonds. The third-order valence-electron chi connectivity index (χ3n) is 3.91. The number of carboxylic acids is 1. The summed E-state index contributed by atoms with van der Waals surface area (Å²) in [4.78, 5) is 22.8. The Kier molecular flexibility index (Phi) is 5.31. The second-order valence-corrected chi connectivity index (χ2v) is 5.86. The number of aliphatic hydroxyl groups excluding tert-OH is 2. The van der Waals surface area contributed by atoms with Crippen LogP contribution >= 0.6 is 0 Å². The van der Waals surface area contributed by atoms with Crippen LogP contribution < -0.4 is 0 Å². The van der Waals surface area contributed by atoms with E-state index in [4.69, 9.17) is 9.84 Å². The summed E-state index contributed by atoms with van der Waals surface area (Å²) in [7, 11) is 0. The summed E-state index contributed by atoms with van der Waals surface area (Å²) in [6.07, 6.45) is -3.43. The molecule has 6 N–H and O–H groups in total. The summed E-state index contributed by atoms with van der Waals surface area (Å²) in [6.45, 7) is 0. The number of benzene rings is 1. The maximum absolute atomic E-state index is 11.8. The quantitative estimate of drug-likeness (QED) is 0.234. The molecule has 1 saturated carbocycles. The van der Waals surface area contributed by atoms with Crippen molar-refractivity contribution in [2.24, 2.45) is 0 Å². The molecule has 0 aromatic heterocycles. The van der Waals surface area contributed by atoms with Crippen LogP contribution in [0.5, 0.6) is 11.5 Å². The molecular weight excluding hydrogens is 336 g/mol. The monoisotopic (exact) mass is 354 g/mol. The topological polar surface area (TPSA) is 165 Å². The molecule has 1 aliphatic carbocycles. The van der Waals surface area contributed by atoms with Crippen molar-refractivity contribution in [3.05, 3.63) is 29.8 Å². The molecule has 25 heavy (non-hydrogen) atoms. The lowest BCUT2D eigenvalue weighted by Crippen LogP contribution is -2.57. The van der Waals surface area contributed by atoms with E-state index >= 15 is 0 Å². The second kappa shape index (κ2) is 7.09. The highest BCUT2D eigenvalue weighted by Crippen LogP contribution is 2.31. The van der Waals surface area contributed by atoms with Crippen LogP contribution in [0, 0.1) is 0 Å². The minimum absolute atomic E-state index is 0.320. The van der Waals surface area contributed by atoms with Gasteiger partial charge in [0.05, 0.1) is 12.2 Å². The maximum Gasteiger partial charge on any atom is 0.335 e. The minimum Gasteiger partial charge on any atom is -0.504 e. The summed E-state index contributed by atoms with van der Waals surface area (Å²) < 4.78 is 4.92. The molecule has 0 aliphatic heterocycles. The molecule has 1 aromatic carbocycles. The van der Waals surface area contributed by atoms with Gasteiger partial charge in [-0.25, -0.2) is 9.59 Å². The summed E-state index contributed by atoms with van der Waals surface area (Å²) >= 11 is 0. The fourth-order valence-electron chi connectivity index (χ4n) is 2.58. The van der Waals surface area contributed by atoms with Crippen LogP contribution in [0.25, 0.3) is 6.08 Å². The number of ether oxygens (including phenoxy) is 1. The van der Waals surface area contributed by atoms with Gasteiger partial charge in [-0.1, -0.05) is 6.07 Å². The third-order valence-corrected chi connectivity index (χ3v) is 3.91. The van der Waals surface area contributed by atoms with Crippen LogP contribution in [0.4, 0.5) is 0 Å². The van der Waals surface area contributed by atoms with E-state index in [9.17, 15) is 35.1 Å². The first-order valence-corrected chi connectivity index (χ1v) is 7.35. The Morgan fingerprint density at radius 1 is 1.12 bits per heavy atom. The maximum atomic E-state index is 11.8. The highest BCUT2D eigenvalue weighted by atomic mass is 16.6. The number of carbonyl (C=O) groups excluding carboxylic acids is 1. The second-order valence-electron chi connectivity index (χ2n) is 5.86. The molecule has 1 fully saturated rings. The lowest BCUT2D eigenvalue weighted by atomic mass is 9.79. The van der Waals surface area contributed by atoms with E-state index in [1.807, 2.05) is 0 Å². The van der Waals surface area contributed by atoms with Gasteiger partial charge in [0, 0.05) is 18.9 Å². The fraction of sp³-hybridized carbons (Fsp3) is 0.375. The number of carbonyl (C=O) groups is 2. The number of phenolic OH excluding ortho intramolecular Hbond substituents is 2. The van der Waals surface area contributed by atoms with Crippen molar-refractivity contribution in [3.8, 4) is 11.5 Å². The molecule has 0 heterocycles. The van der Waals surface area contributed by atoms with Gasteiger partial charge in [0.25, 0.3) is 0 Å². The molecule has 1 aromatic rings. The molecule has 9 nitrogen and oxygen atoms in total. The summed E-state index contributed by atoms with van der Waals surface area (Å²) in [5.74, 6) is -3.19. The zero-order valence-electron chi connectivity index (χ0n) is 12.9. The minimum atomic E-state index is -2.29. The first-order chi connectivity index (χ1) is 11.6. The third kappa shape index (κ3) is 4.27.